The van der Waals surface area contributed by atoms with Gasteiger partial charge in [0.05, 0.1) is 13.0 Å². The van der Waals surface area contributed by atoms with Crippen molar-refractivity contribution in [2.24, 2.45) is 11.7 Å². The van der Waals surface area contributed by atoms with Crippen LogP contribution >= 0.6 is 0 Å². The van der Waals surface area contributed by atoms with Crippen LogP contribution in [0.2, 0.25) is 0 Å². The second-order valence-corrected chi connectivity index (χ2v) is 5.63. The third kappa shape index (κ3) is 4.70. The van der Waals surface area contributed by atoms with Crippen LogP contribution in [0.15, 0.2) is 24.3 Å². The van der Waals surface area contributed by atoms with Gasteiger partial charge in [0.1, 0.15) is 11.6 Å². The summed E-state index contributed by atoms with van der Waals surface area (Å²) in [7, 11) is 0. The van der Waals surface area contributed by atoms with Gasteiger partial charge < -0.3 is 15.4 Å². The number of ether oxygens (including phenoxy) is 1. The first-order chi connectivity index (χ1) is 10.1. The molecule has 0 spiro atoms. The zero-order chi connectivity index (χ0) is 15.2. The van der Waals surface area contributed by atoms with Crippen LogP contribution in [-0.2, 0) is 4.79 Å². The average Bonchev–Trinajstić information content (AvgIpc) is 2.49. The molecule has 1 heterocycles. The Kier molecular flexibility index (Phi) is 5.56. The minimum absolute atomic E-state index is 0.111. The fraction of sp³-hybridized carbons (Fsp3) is 0.562. The largest absolute Gasteiger partial charge is 0.493 e. The minimum Gasteiger partial charge on any atom is -0.493 e. The SMILES string of the molecule is CC(N)C1CCN(C(=O)CCOc2ccc(F)cc2)CC1. The summed E-state index contributed by atoms with van der Waals surface area (Å²) in [5.41, 5.74) is 5.89. The molecule has 116 valence electrons. The molecule has 0 bridgehead atoms. The summed E-state index contributed by atoms with van der Waals surface area (Å²) in [6.07, 6.45) is 2.30. The molecule has 21 heavy (non-hydrogen) atoms. The highest BCUT2D eigenvalue weighted by molar-refractivity contribution is 5.76. The Morgan fingerprint density at radius 3 is 2.57 bits per heavy atom. The van der Waals surface area contributed by atoms with Crippen molar-refractivity contribution in [1.82, 2.24) is 4.90 Å². The fourth-order valence-corrected chi connectivity index (χ4v) is 2.62. The van der Waals surface area contributed by atoms with Crippen molar-refractivity contribution in [3.63, 3.8) is 0 Å². The van der Waals surface area contributed by atoms with Gasteiger partial charge in [-0.3, -0.25) is 4.79 Å². The Morgan fingerprint density at radius 1 is 1.38 bits per heavy atom. The van der Waals surface area contributed by atoms with E-state index in [1.54, 1.807) is 12.1 Å². The number of amides is 1. The molecule has 1 amide bonds. The van der Waals surface area contributed by atoms with Crippen molar-refractivity contribution in [3.8, 4) is 5.75 Å². The average molecular weight is 294 g/mol. The Morgan fingerprint density at radius 2 is 2.00 bits per heavy atom. The first-order valence-corrected chi connectivity index (χ1v) is 7.48. The zero-order valence-electron chi connectivity index (χ0n) is 12.4. The van der Waals surface area contributed by atoms with E-state index in [1.165, 1.54) is 12.1 Å². The molecule has 1 unspecified atom stereocenters. The van der Waals surface area contributed by atoms with Crippen LogP contribution in [-0.4, -0.2) is 36.5 Å². The molecule has 1 aliphatic rings. The maximum Gasteiger partial charge on any atom is 0.225 e. The van der Waals surface area contributed by atoms with Crippen LogP contribution in [0, 0.1) is 11.7 Å². The molecule has 0 radical (unpaired) electrons. The van der Waals surface area contributed by atoms with Crippen molar-refractivity contribution >= 4 is 5.91 Å². The second-order valence-electron chi connectivity index (χ2n) is 5.63. The number of piperidine rings is 1. The molecule has 1 saturated heterocycles. The predicted molar refractivity (Wildman–Crippen MR) is 79.5 cm³/mol. The lowest BCUT2D eigenvalue weighted by atomic mass is 9.91. The smallest absolute Gasteiger partial charge is 0.225 e. The minimum atomic E-state index is -0.296. The van der Waals surface area contributed by atoms with Gasteiger partial charge in [-0.15, -0.1) is 0 Å². The monoisotopic (exact) mass is 294 g/mol. The summed E-state index contributed by atoms with van der Waals surface area (Å²) in [5, 5.41) is 0. The van der Waals surface area contributed by atoms with Gasteiger partial charge in [-0.05, 0) is 49.9 Å². The maximum atomic E-state index is 12.7. The molecule has 1 aromatic carbocycles. The quantitative estimate of drug-likeness (QED) is 0.905. The predicted octanol–water partition coefficient (Wildman–Crippen LogP) is 2.18. The summed E-state index contributed by atoms with van der Waals surface area (Å²) in [4.78, 5) is 14.0. The van der Waals surface area contributed by atoms with Gasteiger partial charge in [0.25, 0.3) is 0 Å². The molecule has 0 aliphatic carbocycles. The molecule has 0 aromatic heterocycles. The second kappa shape index (κ2) is 7.41. The van der Waals surface area contributed by atoms with Gasteiger partial charge in [0.15, 0.2) is 0 Å². The number of nitrogens with zero attached hydrogens (tertiary/aromatic N) is 1. The lowest BCUT2D eigenvalue weighted by molar-refractivity contribution is -0.133. The van der Waals surface area contributed by atoms with E-state index in [-0.39, 0.29) is 17.8 Å². The summed E-state index contributed by atoms with van der Waals surface area (Å²) in [5.74, 6) is 0.917. The third-order valence-electron chi connectivity index (χ3n) is 4.03. The van der Waals surface area contributed by atoms with Crippen molar-refractivity contribution in [1.29, 1.82) is 0 Å². The lowest BCUT2D eigenvalue weighted by Gasteiger charge is -2.33. The van der Waals surface area contributed by atoms with Crippen LogP contribution in [0.1, 0.15) is 26.2 Å². The van der Waals surface area contributed by atoms with E-state index in [4.69, 9.17) is 10.5 Å². The van der Waals surface area contributed by atoms with Gasteiger partial charge >= 0.3 is 0 Å². The highest BCUT2D eigenvalue weighted by atomic mass is 19.1. The highest BCUT2D eigenvalue weighted by Crippen LogP contribution is 2.20. The zero-order valence-corrected chi connectivity index (χ0v) is 12.4. The number of carbonyl (C=O) groups is 1. The van der Waals surface area contributed by atoms with Crippen LogP contribution in [0.5, 0.6) is 5.75 Å². The number of nitrogens with two attached hydrogens (primary N) is 1. The first kappa shape index (κ1) is 15.8. The Balaban J connectivity index is 1.69. The van der Waals surface area contributed by atoms with Crippen molar-refractivity contribution in [3.05, 3.63) is 30.1 Å². The molecule has 2 N–H and O–H groups in total. The fourth-order valence-electron chi connectivity index (χ4n) is 2.62. The van der Waals surface area contributed by atoms with E-state index in [2.05, 4.69) is 0 Å². The topological polar surface area (TPSA) is 55.6 Å². The van der Waals surface area contributed by atoms with Crippen LogP contribution in [0.4, 0.5) is 4.39 Å². The lowest BCUT2D eigenvalue weighted by Crippen LogP contribution is -2.42. The van der Waals surface area contributed by atoms with Crippen LogP contribution in [0.3, 0.4) is 0 Å². The van der Waals surface area contributed by atoms with Crippen LogP contribution < -0.4 is 10.5 Å². The summed E-state index contributed by atoms with van der Waals surface area (Å²) in [6, 6.07) is 6.01. The number of hydrogen-bond donors (Lipinski definition) is 1. The van der Waals surface area contributed by atoms with E-state index in [0.29, 0.717) is 24.7 Å². The highest BCUT2D eigenvalue weighted by Gasteiger charge is 2.24. The van der Waals surface area contributed by atoms with Gasteiger partial charge in [-0.1, -0.05) is 0 Å². The number of halogens is 1. The molecular weight excluding hydrogens is 271 g/mol. The first-order valence-electron chi connectivity index (χ1n) is 7.48. The van der Waals surface area contributed by atoms with Crippen LogP contribution in [0.25, 0.3) is 0 Å². The standard InChI is InChI=1S/C16H23FN2O2/c1-12(18)13-6-9-19(10-7-13)16(20)8-11-21-15-4-2-14(17)3-5-15/h2-5,12-13H,6-11,18H2,1H3. The van der Waals surface area contributed by atoms with Gasteiger partial charge in [0.2, 0.25) is 5.91 Å². The van der Waals surface area contributed by atoms with E-state index in [0.717, 1.165) is 25.9 Å². The summed E-state index contributed by atoms with van der Waals surface area (Å²) < 4.78 is 18.2. The molecule has 1 aliphatic heterocycles. The molecular formula is C16H23FN2O2. The molecule has 1 aromatic rings. The van der Waals surface area contributed by atoms with E-state index in [1.807, 2.05) is 11.8 Å². The molecule has 2 rings (SSSR count). The molecule has 1 fully saturated rings. The normalized spacial score (nSPS) is 17.6. The molecule has 4 nitrogen and oxygen atoms in total. The van der Waals surface area contributed by atoms with Gasteiger partial charge in [-0.2, -0.15) is 0 Å². The Bertz CT molecular complexity index is 454. The maximum absolute atomic E-state index is 12.7. The Labute approximate surface area is 125 Å². The molecule has 0 saturated carbocycles. The van der Waals surface area contributed by atoms with Crippen molar-refractivity contribution in [2.45, 2.75) is 32.2 Å². The summed E-state index contributed by atoms with van der Waals surface area (Å²) in [6.45, 7) is 3.90. The molecule has 1 atom stereocenters. The third-order valence-corrected chi connectivity index (χ3v) is 4.03. The number of carbonyl (C=O) groups excluding carboxylic acids is 1. The van der Waals surface area contributed by atoms with Gasteiger partial charge in [-0.25, -0.2) is 4.39 Å². The van der Waals surface area contributed by atoms with E-state index in [9.17, 15) is 9.18 Å². The Hall–Kier alpha value is -1.62. The van der Waals surface area contributed by atoms with Crippen molar-refractivity contribution < 1.29 is 13.9 Å². The number of rotatable bonds is 5. The number of likely N-dealkylation sites (tertiary alicyclic amines) is 1. The van der Waals surface area contributed by atoms with E-state index < -0.39 is 0 Å². The number of benzene rings is 1. The molecule has 5 heteroatoms. The van der Waals surface area contributed by atoms with E-state index >= 15 is 0 Å². The van der Waals surface area contributed by atoms with Crippen molar-refractivity contribution in [2.75, 3.05) is 19.7 Å². The summed E-state index contributed by atoms with van der Waals surface area (Å²) >= 11 is 0. The van der Waals surface area contributed by atoms with Gasteiger partial charge in [0, 0.05) is 19.1 Å². The number of hydrogen-bond acceptors (Lipinski definition) is 3.